The van der Waals surface area contributed by atoms with Gasteiger partial charge in [-0.2, -0.15) is 4.31 Å². The number of nitrogens with two attached hydrogens (primary N) is 1. The van der Waals surface area contributed by atoms with Crippen LogP contribution in [0.5, 0.6) is 0 Å². The fourth-order valence-corrected chi connectivity index (χ4v) is 4.30. The molecule has 2 atom stereocenters. The lowest BCUT2D eigenvalue weighted by molar-refractivity contribution is 0.242. The first-order valence-corrected chi connectivity index (χ1v) is 8.35. The van der Waals surface area contributed by atoms with Crippen LogP contribution in [0, 0.1) is 11.7 Å². The van der Waals surface area contributed by atoms with Gasteiger partial charge in [-0.1, -0.05) is 17.7 Å². The summed E-state index contributed by atoms with van der Waals surface area (Å²) in [6.07, 6.45) is 1.62. The normalized spacial score (nSPS) is 22.7. The molecule has 2 unspecified atom stereocenters. The van der Waals surface area contributed by atoms with Gasteiger partial charge in [0.05, 0.1) is 5.02 Å². The molecule has 1 heterocycles. The van der Waals surface area contributed by atoms with Crippen LogP contribution in [0.4, 0.5) is 4.39 Å². The zero-order valence-electron chi connectivity index (χ0n) is 11.2. The van der Waals surface area contributed by atoms with Crippen molar-refractivity contribution in [1.82, 2.24) is 4.31 Å². The quantitative estimate of drug-likeness (QED) is 0.929. The first-order valence-electron chi connectivity index (χ1n) is 6.53. The molecule has 0 aliphatic carbocycles. The molecule has 1 fully saturated rings. The third-order valence-corrected chi connectivity index (χ3v) is 5.87. The second-order valence-electron chi connectivity index (χ2n) is 5.18. The van der Waals surface area contributed by atoms with Crippen LogP contribution in [0.1, 0.15) is 19.8 Å². The molecule has 7 heteroatoms. The lowest BCUT2D eigenvalue weighted by Gasteiger charge is -2.33. The maximum atomic E-state index is 13.9. The molecular weight excluding hydrogens is 303 g/mol. The molecule has 1 aliphatic heterocycles. The molecule has 0 aromatic heterocycles. The summed E-state index contributed by atoms with van der Waals surface area (Å²) in [5.41, 5.74) is 5.85. The van der Waals surface area contributed by atoms with Gasteiger partial charge in [-0.25, -0.2) is 12.8 Å². The summed E-state index contributed by atoms with van der Waals surface area (Å²) in [6, 6.07) is 3.92. The molecule has 0 amide bonds. The van der Waals surface area contributed by atoms with Crippen LogP contribution in [0.25, 0.3) is 0 Å². The third-order valence-electron chi connectivity index (χ3n) is 3.70. The molecule has 1 aliphatic rings. The van der Waals surface area contributed by atoms with E-state index < -0.39 is 15.8 Å². The Balaban J connectivity index is 2.33. The van der Waals surface area contributed by atoms with Crippen LogP contribution in [-0.4, -0.2) is 31.9 Å². The summed E-state index contributed by atoms with van der Waals surface area (Å²) >= 11 is 5.66. The van der Waals surface area contributed by atoms with Crippen LogP contribution >= 0.6 is 11.6 Å². The fourth-order valence-electron chi connectivity index (χ4n) is 2.44. The van der Waals surface area contributed by atoms with Gasteiger partial charge in [0.15, 0.2) is 5.82 Å². The van der Waals surface area contributed by atoms with Crippen molar-refractivity contribution in [2.75, 3.05) is 13.1 Å². The van der Waals surface area contributed by atoms with E-state index in [4.69, 9.17) is 17.3 Å². The number of nitrogens with zero attached hydrogens (tertiary/aromatic N) is 1. The van der Waals surface area contributed by atoms with E-state index in [1.165, 1.54) is 22.5 Å². The van der Waals surface area contributed by atoms with Crippen LogP contribution in [-0.2, 0) is 10.0 Å². The highest BCUT2D eigenvalue weighted by atomic mass is 35.5. The number of piperidine rings is 1. The predicted octanol–water partition coefficient (Wildman–Crippen LogP) is 2.23. The van der Waals surface area contributed by atoms with E-state index in [2.05, 4.69) is 0 Å². The largest absolute Gasteiger partial charge is 0.328 e. The minimum absolute atomic E-state index is 0.0859. The smallest absolute Gasteiger partial charge is 0.246 e. The van der Waals surface area contributed by atoms with E-state index in [0.717, 1.165) is 12.8 Å². The standard InChI is InChI=1S/C13H18ClFN2O2S/c1-9(16)10-4-3-7-17(8-10)20(18,19)12-6-2-5-11(14)13(12)15/h2,5-6,9-10H,3-4,7-8,16H2,1H3. The van der Waals surface area contributed by atoms with E-state index in [-0.39, 0.29) is 21.9 Å². The Kier molecular flexibility index (Phi) is 4.69. The van der Waals surface area contributed by atoms with Gasteiger partial charge in [0.1, 0.15) is 4.90 Å². The Morgan fingerprint density at radius 1 is 1.50 bits per heavy atom. The predicted molar refractivity (Wildman–Crippen MR) is 76.5 cm³/mol. The van der Waals surface area contributed by atoms with E-state index >= 15 is 0 Å². The number of halogens is 2. The SMILES string of the molecule is CC(N)C1CCCN(S(=O)(=O)c2cccc(Cl)c2F)C1. The number of hydrogen-bond donors (Lipinski definition) is 1. The highest BCUT2D eigenvalue weighted by molar-refractivity contribution is 7.89. The van der Waals surface area contributed by atoms with E-state index in [9.17, 15) is 12.8 Å². The van der Waals surface area contributed by atoms with Gasteiger partial charge in [0, 0.05) is 19.1 Å². The summed E-state index contributed by atoms with van der Waals surface area (Å²) in [6.45, 7) is 2.57. The number of hydrogen-bond acceptors (Lipinski definition) is 3. The van der Waals surface area contributed by atoms with Crippen LogP contribution in [0.3, 0.4) is 0 Å². The second kappa shape index (κ2) is 5.97. The van der Waals surface area contributed by atoms with Crippen molar-refractivity contribution >= 4 is 21.6 Å². The molecule has 1 aromatic carbocycles. The van der Waals surface area contributed by atoms with Crippen molar-refractivity contribution in [3.8, 4) is 0 Å². The zero-order valence-corrected chi connectivity index (χ0v) is 12.8. The Bertz CT molecular complexity index is 592. The Labute approximate surface area is 123 Å². The molecule has 0 bridgehead atoms. The van der Waals surface area contributed by atoms with Crippen molar-refractivity contribution in [3.05, 3.63) is 29.0 Å². The average molecular weight is 321 g/mol. The molecule has 20 heavy (non-hydrogen) atoms. The molecule has 1 saturated heterocycles. The lowest BCUT2D eigenvalue weighted by atomic mass is 9.93. The van der Waals surface area contributed by atoms with E-state index in [1.54, 1.807) is 0 Å². The van der Waals surface area contributed by atoms with Crippen molar-refractivity contribution in [1.29, 1.82) is 0 Å². The van der Waals surface area contributed by atoms with Gasteiger partial charge in [-0.15, -0.1) is 0 Å². The van der Waals surface area contributed by atoms with Crippen LogP contribution in [0.2, 0.25) is 5.02 Å². The Morgan fingerprint density at radius 2 is 2.20 bits per heavy atom. The first-order chi connectivity index (χ1) is 9.34. The zero-order chi connectivity index (χ0) is 14.9. The molecule has 2 rings (SSSR count). The number of benzene rings is 1. The van der Waals surface area contributed by atoms with Crippen molar-refractivity contribution in [2.24, 2.45) is 11.7 Å². The van der Waals surface area contributed by atoms with E-state index in [1.807, 2.05) is 6.92 Å². The van der Waals surface area contributed by atoms with Gasteiger partial charge in [0.25, 0.3) is 0 Å². The maximum Gasteiger partial charge on any atom is 0.246 e. The van der Waals surface area contributed by atoms with Gasteiger partial charge in [-0.05, 0) is 37.8 Å². The highest BCUT2D eigenvalue weighted by Gasteiger charge is 2.33. The summed E-state index contributed by atoms with van der Waals surface area (Å²) < 4.78 is 40.3. The summed E-state index contributed by atoms with van der Waals surface area (Å²) in [4.78, 5) is -0.365. The highest BCUT2D eigenvalue weighted by Crippen LogP contribution is 2.28. The lowest BCUT2D eigenvalue weighted by Crippen LogP contribution is -2.45. The second-order valence-corrected chi connectivity index (χ2v) is 7.49. The van der Waals surface area contributed by atoms with Crippen molar-refractivity contribution in [2.45, 2.75) is 30.7 Å². The average Bonchev–Trinajstić information content (AvgIpc) is 2.41. The molecule has 1 aromatic rings. The molecule has 0 spiro atoms. The summed E-state index contributed by atoms with van der Waals surface area (Å²) in [5.74, 6) is -0.794. The number of rotatable bonds is 3. The molecular formula is C13H18ClFN2O2S. The van der Waals surface area contributed by atoms with Gasteiger partial charge >= 0.3 is 0 Å². The first kappa shape index (κ1) is 15.7. The van der Waals surface area contributed by atoms with Crippen LogP contribution < -0.4 is 5.73 Å². The molecule has 0 radical (unpaired) electrons. The minimum Gasteiger partial charge on any atom is -0.328 e. The topological polar surface area (TPSA) is 63.4 Å². The number of sulfonamides is 1. The van der Waals surface area contributed by atoms with Gasteiger partial charge in [-0.3, -0.25) is 0 Å². The molecule has 4 nitrogen and oxygen atoms in total. The maximum absolute atomic E-state index is 13.9. The van der Waals surface area contributed by atoms with Crippen molar-refractivity contribution < 1.29 is 12.8 Å². The summed E-state index contributed by atoms with van der Waals surface area (Å²) in [7, 11) is -3.86. The van der Waals surface area contributed by atoms with E-state index in [0.29, 0.717) is 13.1 Å². The molecule has 0 saturated carbocycles. The molecule has 112 valence electrons. The molecule has 2 N–H and O–H groups in total. The Morgan fingerprint density at radius 3 is 2.85 bits per heavy atom. The third kappa shape index (κ3) is 2.98. The minimum atomic E-state index is -3.86. The van der Waals surface area contributed by atoms with Gasteiger partial charge < -0.3 is 5.73 Å². The van der Waals surface area contributed by atoms with Crippen molar-refractivity contribution in [3.63, 3.8) is 0 Å². The van der Waals surface area contributed by atoms with Crippen LogP contribution in [0.15, 0.2) is 23.1 Å². The fraction of sp³-hybridized carbons (Fsp3) is 0.538. The van der Waals surface area contributed by atoms with Gasteiger partial charge in [0.2, 0.25) is 10.0 Å². The summed E-state index contributed by atoms with van der Waals surface area (Å²) in [5, 5.41) is -0.188. The monoisotopic (exact) mass is 320 g/mol. The Hall–Kier alpha value is -0.690.